The zero-order valence-electron chi connectivity index (χ0n) is 16.6. The number of hydrogen-bond acceptors (Lipinski definition) is 4. The molecule has 0 amide bonds. The third kappa shape index (κ3) is 6.09. The highest BCUT2D eigenvalue weighted by Gasteiger charge is 2.24. The summed E-state index contributed by atoms with van der Waals surface area (Å²) in [6.07, 6.45) is 2.39. The van der Waals surface area contributed by atoms with Gasteiger partial charge in [-0.05, 0) is 61.0 Å². The average molecular weight is 437 g/mol. The lowest BCUT2D eigenvalue weighted by atomic mass is 10.3. The van der Waals surface area contributed by atoms with E-state index in [-0.39, 0.29) is 0 Å². The molecule has 2 N–H and O–H groups in total. The number of aliphatic imine (C=N–C) groups is 1. The number of likely N-dealkylation sites (N-methyl/N-ethyl adjacent to an activating group) is 1. The van der Waals surface area contributed by atoms with Gasteiger partial charge in [-0.25, -0.2) is 0 Å². The molecule has 1 aromatic rings. The SMILES string of the molecule is CN=C(NCCN1CCCN(C)CC1)NC1CCN(c2ccccc2Br)C1. The Morgan fingerprint density at radius 1 is 1.19 bits per heavy atom. The fourth-order valence-electron chi connectivity index (χ4n) is 3.85. The molecule has 150 valence electrons. The molecule has 6 nitrogen and oxygen atoms in total. The zero-order valence-corrected chi connectivity index (χ0v) is 18.2. The Morgan fingerprint density at radius 3 is 2.85 bits per heavy atom. The van der Waals surface area contributed by atoms with E-state index in [1.807, 2.05) is 7.05 Å². The Bertz CT molecular complexity index is 622. The van der Waals surface area contributed by atoms with Crippen molar-refractivity contribution in [2.24, 2.45) is 4.99 Å². The normalized spacial score (nSPS) is 22.7. The quantitative estimate of drug-likeness (QED) is 0.544. The van der Waals surface area contributed by atoms with Crippen molar-refractivity contribution in [2.75, 3.05) is 71.4 Å². The van der Waals surface area contributed by atoms with Gasteiger partial charge in [0.25, 0.3) is 0 Å². The molecule has 3 rings (SSSR count). The van der Waals surface area contributed by atoms with Crippen LogP contribution in [0.3, 0.4) is 0 Å². The van der Waals surface area contributed by atoms with E-state index in [1.165, 1.54) is 31.7 Å². The summed E-state index contributed by atoms with van der Waals surface area (Å²) in [5, 5.41) is 7.09. The number of para-hydroxylation sites is 1. The molecule has 0 saturated carbocycles. The number of benzene rings is 1. The molecule has 2 saturated heterocycles. The number of nitrogens with one attached hydrogen (secondary N) is 2. The van der Waals surface area contributed by atoms with Gasteiger partial charge in [-0.2, -0.15) is 0 Å². The van der Waals surface area contributed by atoms with E-state index < -0.39 is 0 Å². The Kier molecular flexibility index (Phi) is 7.79. The number of anilines is 1. The van der Waals surface area contributed by atoms with Crippen molar-refractivity contribution in [1.82, 2.24) is 20.4 Å². The van der Waals surface area contributed by atoms with E-state index in [1.54, 1.807) is 0 Å². The summed E-state index contributed by atoms with van der Waals surface area (Å²) in [7, 11) is 4.07. The minimum absolute atomic E-state index is 0.426. The zero-order chi connectivity index (χ0) is 19.1. The van der Waals surface area contributed by atoms with Crippen LogP contribution in [-0.4, -0.2) is 88.3 Å². The lowest BCUT2D eigenvalue weighted by Crippen LogP contribution is -2.46. The van der Waals surface area contributed by atoms with E-state index in [2.05, 4.69) is 77.6 Å². The van der Waals surface area contributed by atoms with Crippen LogP contribution in [0.1, 0.15) is 12.8 Å². The predicted octanol–water partition coefficient (Wildman–Crippen LogP) is 1.83. The summed E-state index contributed by atoms with van der Waals surface area (Å²) in [4.78, 5) is 11.8. The second-order valence-electron chi connectivity index (χ2n) is 7.52. The maximum absolute atomic E-state index is 4.42. The van der Waals surface area contributed by atoms with Crippen molar-refractivity contribution in [2.45, 2.75) is 18.9 Å². The minimum atomic E-state index is 0.426. The monoisotopic (exact) mass is 436 g/mol. The van der Waals surface area contributed by atoms with Crippen molar-refractivity contribution in [1.29, 1.82) is 0 Å². The van der Waals surface area contributed by atoms with Crippen LogP contribution < -0.4 is 15.5 Å². The maximum atomic E-state index is 4.42. The van der Waals surface area contributed by atoms with Crippen LogP contribution in [0.25, 0.3) is 0 Å². The van der Waals surface area contributed by atoms with Crippen molar-refractivity contribution in [3.63, 3.8) is 0 Å². The summed E-state index contributed by atoms with van der Waals surface area (Å²) in [6, 6.07) is 8.88. The Morgan fingerprint density at radius 2 is 2.04 bits per heavy atom. The van der Waals surface area contributed by atoms with Gasteiger partial charge in [0.1, 0.15) is 0 Å². The molecule has 2 heterocycles. The van der Waals surface area contributed by atoms with Crippen LogP contribution in [0, 0.1) is 0 Å². The Hall–Kier alpha value is -1.31. The third-order valence-electron chi connectivity index (χ3n) is 5.48. The molecule has 0 radical (unpaired) electrons. The van der Waals surface area contributed by atoms with E-state index in [0.29, 0.717) is 6.04 Å². The van der Waals surface area contributed by atoms with Crippen LogP contribution in [0.2, 0.25) is 0 Å². The fraction of sp³-hybridized carbons (Fsp3) is 0.650. The van der Waals surface area contributed by atoms with Gasteiger partial charge in [-0.1, -0.05) is 12.1 Å². The average Bonchev–Trinajstić information content (AvgIpc) is 3.03. The van der Waals surface area contributed by atoms with E-state index in [4.69, 9.17) is 0 Å². The first-order valence-electron chi connectivity index (χ1n) is 10.0. The molecule has 2 aliphatic heterocycles. The molecule has 0 aromatic heterocycles. The van der Waals surface area contributed by atoms with Crippen LogP contribution >= 0.6 is 15.9 Å². The summed E-state index contributed by atoms with van der Waals surface area (Å²) in [6.45, 7) is 8.81. The molecule has 1 atom stereocenters. The Balaban J connectivity index is 1.41. The molecular weight excluding hydrogens is 404 g/mol. The summed E-state index contributed by atoms with van der Waals surface area (Å²) >= 11 is 3.67. The van der Waals surface area contributed by atoms with Crippen molar-refractivity contribution >= 4 is 27.6 Å². The number of halogens is 1. The highest BCUT2D eigenvalue weighted by atomic mass is 79.9. The number of hydrogen-bond donors (Lipinski definition) is 2. The highest BCUT2D eigenvalue weighted by molar-refractivity contribution is 9.10. The first-order valence-corrected chi connectivity index (χ1v) is 10.8. The second kappa shape index (κ2) is 10.3. The summed E-state index contributed by atoms with van der Waals surface area (Å²) < 4.78 is 1.16. The fourth-order valence-corrected chi connectivity index (χ4v) is 4.38. The molecule has 0 aliphatic carbocycles. The van der Waals surface area contributed by atoms with Gasteiger partial charge in [0.2, 0.25) is 0 Å². The number of nitrogens with zero attached hydrogens (tertiary/aromatic N) is 4. The van der Waals surface area contributed by atoms with Crippen molar-refractivity contribution in [3.05, 3.63) is 28.7 Å². The standard InChI is InChI=1S/C20H33BrN6/c1-22-20(23-9-13-26-11-5-10-25(2)14-15-26)24-17-8-12-27(16-17)19-7-4-3-6-18(19)21/h3-4,6-7,17H,5,8-16H2,1-2H3,(H2,22,23,24). The van der Waals surface area contributed by atoms with Crippen molar-refractivity contribution < 1.29 is 0 Å². The summed E-state index contributed by atoms with van der Waals surface area (Å²) in [5.41, 5.74) is 1.27. The summed E-state index contributed by atoms with van der Waals surface area (Å²) in [5.74, 6) is 0.918. The van der Waals surface area contributed by atoms with Gasteiger partial charge in [-0.15, -0.1) is 0 Å². The van der Waals surface area contributed by atoms with Gasteiger partial charge < -0.3 is 25.3 Å². The van der Waals surface area contributed by atoms with Crippen LogP contribution in [0.5, 0.6) is 0 Å². The molecule has 0 spiro atoms. The molecule has 27 heavy (non-hydrogen) atoms. The first-order chi connectivity index (χ1) is 13.2. The Labute approximate surface area is 172 Å². The molecule has 7 heteroatoms. The van der Waals surface area contributed by atoms with Gasteiger partial charge >= 0.3 is 0 Å². The van der Waals surface area contributed by atoms with Gasteiger partial charge in [-0.3, -0.25) is 4.99 Å². The molecular formula is C20H33BrN6. The predicted molar refractivity (Wildman–Crippen MR) is 118 cm³/mol. The largest absolute Gasteiger partial charge is 0.368 e. The highest BCUT2D eigenvalue weighted by Crippen LogP contribution is 2.28. The van der Waals surface area contributed by atoms with E-state index >= 15 is 0 Å². The van der Waals surface area contributed by atoms with Gasteiger partial charge in [0.15, 0.2) is 5.96 Å². The first kappa shape index (κ1) is 20.4. The molecule has 2 fully saturated rings. The smallest absolute Gasteiger partial charge is 0.191 e. The van der Waals surface area contributed by atoms with Gasteiger partial charge in [0, 0.05) is 56.8 Å². The second-order valence-corrected chi connectivity index (χ2v) is 8.38. The third-order valence-corrected chi connectivity index (χ3v) is 6.15. The molecule has 1 unspecified atom stereocenters. The van der Waals surface area contributed by atoms with Crippen LogP contribution in [-0.2, 0) is 0 Å². The van der Waals surface area contributed by atoms with Crippen molar-refractivity contribution in [3.8, 4) is 0 Å². The van der Waals surface area contributed by atoms with E-state index in [9.17, 15) is 0 Å². The van der Waals surface area contributed by atoms with Gasteiger partial charge in [0.05, 0.1) is 5.69 Å². The lowest BCUT2D eigenvalue weighted by Gasteiger charge is -2.23. The van der Waals surface area contributed by atoms with E-state index in [0.717, 1.165) is 49.6 Å². The lowest BCUT2D eigenvalue weighted by molar-refractivity contribution is 0.280. The molecule has 0 bridgehead atoms. The maximum Gasteiger partial charge on any atom is 0.191 e. The molecule has 2 aliphatic rings. The minimum Gasteiger partial charge on any atom is -0.368 e. The number of guanidine groups is 1. The topological polar surface area (TPSA) is 46.1 Å². The number of rotatable bonds is 5. The van der Waals surface area contributed by atoms with Crippen LogP contribution in [0.15, 0.2) is 33.7 Å². The van der Waals surface area contributed by atoms with Crippen LogP contribution in [0.4, 0.5) is 5.69 Å². The molecule has 1 aromatic carbocycles.